The standard InChI is InChI=1S/C16H25NO5/c1-12(2)15(19)21-10-7-6-9-17(5)14(18)8-11-22-16(20)13(3)4/h1,3,6-11H2,2,4-5H3. The van der Waals surface area contributed by atoms with E-state index < -0.39 is 11.9 Å². The van der Waals surface area contributed by atoms with Crippen molar-refractivity contribution >= 4 is 17.8 Å². The van der Waals surface area contributed by atoms with Gasteiger partial charge in [0.15, 0.2) is 0 Å². The van der Waals surface area contributed by atoms with E-state index in [1.807, 2.05) is 0 Å². The zero-order chi connectivity index (χ0) is 17.1. The summed E-state index contributed by atoms with van der Waals surface area (Å²) in [5.41, 5.74) is 0.682. The van der Waals surface area contributed by atoms with Crippen molar-refractivity contribution in [3.63, 3.8) is 0 Å². The highest BCUT2D eigenvalue weighted by molar-refractivity contribution is 5.87. The highest BCUT2D eigenvalue weighted by Crippen LogP contribution is 2.00. The molecule has 0 saturated carbocycles. The average molecular weight is 311 g/mol. The minimum absolute atomic E-state index is 0.0467. The van der Waals surface area contributed by atoms with Crippen molar-refractivity contribution in [3.05, 3.63) is 24.3 Å². The average Bonchev–Trinajstić information content (AvgIpc) is 2.45. The van der Waals surface area contributed by atoms with Crippen LogP contribution in [0.25, 0.3) is 0 Å². The first kappa shape index (κ1) is 19.9. The van der Waals surface area contributed by atoms with Gasteiger partial charge >= 0.3 is 11.9 Å². The van der Waals surface area contributed by atoms with Crippen LogP contribution in [-0.2, 0) is 23.9 Å². The Morgan fingerprint density at radius 2 is 1.41 bits per heavy atom. The number of amides is 1. The van der Waals surface area contributed by atoms with Crippen molar-refractivity contribution in [1.29, 1.82) is 0 Å². The van der Waals surface area contributed by atoms with Crippen molar-refractivity contribution in [3.8, 4) is 0 Å². The lowest BCUT2D eigenvalue weighted by atomic mass is 10.3. The summed E-state index contributed by atoms with van der Waals surface area (Å²) < 4.78 is 9.82. The molecule has 0 aromatic carbocycles. The van der Waals surface area contributed by atoms with Crippen LogP contribution < -0.4 is 0 Å². The van der Waals surface area contributed by atoms with E-state index in [2.05, 4.69) is 13.2 Å². The molecular weight excluding hydrogens is 286 g/mol. The predicted molar refractivity (Wildman–Crippen MR) is 83.0 cm³/mol. The van der Waals surface area contributed by atoms with Crippen molar-refractivity contribution in [2.45, 2.75) is 33.1 Å². The first-order valence-corrected chi connectivity index (χ1v) is 7.15. The van der Waals surface area contributed by atoms with E-state index in [0.717, 1.165) is 6.42 Å². The van der Waals surface area contributed by atoms with Gasteiger partial charge < -0.3 is 14.4 Å². The number of ether oxygens (including phenoxy) is 2. The van der Waals surface area contributed by atoms with Gasteiger partial charge in [0, 0.05) is 24.7 Å². The molecule has 0 fully saturated rings. The number of esters is 2. The summed E-state index contributed by atoms with van der Waals surface area (Å²) in [5, 5.41) is 0. The summed E-state index contributed by atoms with van der Waals surface area (Å²) >= 11 is 0. The van der Waals surface area contributed by atoms with E-state index in [1.165, 1.54) is 0 Å². The Bertz CT molecular complexity index is 442. The van der Waals surface area contributed by atoms with Gasteiger partial charge in [0.1, 0.15) is 6.61 Å². The zero-order valence-corrected chi connectivity index (χ0v) is 13.6. The SMILES string of the molecule is C=C(C)C(=O)OCCCCN(C)C(=O)CCOC(=O)C(=C)C. The highest BCUT2D eigenvalue weighted by Gasteiger charge is 2.10. The molecule has 0 N–H and O–H groups in total. The maximum Gasteiger partial charge on any atom is 0.333 e. The largest absolute Gasteiger partial charge is 0.462 e. The number of rotatable bonds is 10. The molecule has 6 heteroatoms. The zero-order valence-electron chi connectivity index (χ0n) is 13.6. The van der Waals surface area contributed by atoms with Gasteiger partial charge in [-0.25, -0.2) is 9.59 Å². The van der Waals surface area contributed by atoms with Crippen LogP contribution >= 0.6 is 0 Å². The van der Waals surface area contributed by atoms with Gasteiger partial charge in [-0.1, -0.05) is 13.2 Å². The fourth-order valence-electron chi connectivity index (χ4n) is 1.41. The van der Waals surface area contributed by atoms with Gasteiger partial charge in [0.05, 0.1) is 13.0 Å². The first-order chi connectivity index (χ1) is 10.3. The van der Waals surface area contributed by atoms with E-state index >= 15 is 0 Å². The third kappa shape index (κ3) is 8.94. The molecule has 0 bridgehead atoms. The number of hydrogen-bond acceptors (Lipinski definition) is 5. The Morgan fingerprint density at radius 1 is 0.909 bits per heavy atom. The Balaban J connectivity index is 3.74. The lowest BCUT2D eigenvalue weighted by Crippen LogP contribution is -2.29. The first-order valence-electron chi connectivity index (χ1n) is 7.15. The van der Waals surface area contributed by atoms with Crippen LogP contribution in [0.1, 0.15) is 33.1 Å². The number of hydrogen-bond donors (Lipinski definition) is 0. The third-order valence-corrected chi connectivity index (χ3v) is 2.79. The lowest BCUT2D eigenvalue weighted by Gasteiger charge is -2.17. The minimum Gasteiger partial charge on any atom is -0.462 e. The van der Waals surface area contributed by atoms with Crippen LogP contribution in [0.4, 0.5) is 0 Å². The second-order valence-electron chi connectivity index (χ2n) is 5.10. The van der Waals surface area contributed by atoms with E-state index in [9.17, 15) is 14.4 Å². The van der Waals surface area contributed by atoms with E-state index in [4.69, 9.17) is 9.47 Å². The van der Waals surface area contributed by atoms with Crippen LogP contribution in [0.5, 0.6) is 0 Å². The molecule has 1 amide bonds. The molecule has 0 aromatic rings. The Labute approximate surface area is 131 Å². The molecule has 0 spiro atoms. The fraction of sp³-hybridized carbons (Fsp3) is 0.562. The highest BCUT2D eigenvalue weighted by atomic mass is 16.5. The quantitative estimate of drug-likeness (QED) is 0.350. The molecular formula is C16H25NO5. The second-order valence-corrected chi connectivity index (χ2v) is 5.10. The van der Waals surface area contributed by atoms with Crippen molar-refractivity contribution in [1.82, 2.24) is 4.90 Å². The number of unbranched alkanes of at least 4 members (excludes halogenated alkanes) is 1. The molecule has 0 saturated heterocycles. The molecule has 22 heavy (non-hydrogen) atoms. The molecule has 0 heterocycles. The maximum atomic E-state index is 11.8. The van der Waals surface area contributed by atoms with Crippen molar-refractivity contribution in [2.75, 3.05) is 26.8 Å². The number of carbonyl (C=O) groups excluding carboxylic acids is 3. The van der Waals surface area contributed by atoms with Crippen LogP contribution in [0.3, 0.4) is 0 Å². The Morgan fingerprint density at radius 3 is 1.91 bits per heavy atom. The summed E-state index contributed by atoms with van der Waals surface area (Å²) in [5.74, 6) is -0.994. The molecule has 124 valence electrons. The van der Waals surface area contributed by atoms with Crippen LogP contribution in [0.2, 0.25) is 0 Å². The van der Waals surface area contributed by atoms with Gasteiger partial charge in [-0.05, 0) is 26.7 Å². The molecule has 0 aliphatic rings. The monoisotopic (exact) mass is 311 g/mol. The van der Waals surface area contributed by atoms with Gasteiger partial charge in [-0.3, -0.25) is 4.79 Å². The van der Waals surface area contributed by atoms with Gasteiger partial charge in [-0.15, -0.1) is 0 Å². The second kappa shape index (κ2) is 10.6. The molecule has 0 aliphatic heterocycles. The maximum absolute atomic E-state index is 11.8. The number of carbonyl (C=O) groups is 3. The molecule has 0 rings (SSSR count). The third-order valence-electron chi connectivity index (χ3n) is 2.79. The summed E-state index contributed by atoms with van der Waals surface area (Å²) in [6.45, 7) is 11.0. The van der Waals surface area contributed by atoms with Gasteiger partial charge in [0.2, 0.25) is 5.91 Å². The molecule has 0 aromatic heterocycles. The van der Waals surface area contributed by atoms with Crippen LogP contribution in [0.15, 0.2) is 24.3 Å². The Hall–Kier alpha value is -2.11. The molecule has 0 atom stereocenters. The summed E-state index contributed by atoms with van der Waals surface area (Å²) in [7, 11) is 1.68. The van der Waals surface area contributed by atoms with E-state index in [1.54, 1.807) is 25.8 Å². The lowest BCUT2D eigenvalue weighted by molar-refractivity contribution is -0.142. The topological polar surface area (TPSA) is 72.9 Å². The molecule has 6 nitrogen and oxygen atoms in total. The molecule has 0 aliphatic carbocycles. The van der Waals surface area contributed by atoms with Gasteiger partial charge in [-0.2, -0.15) is 0 Å². The summed E-state index contributed by atoms with van der Waals surface area (Å²) in [4.78, 5) is 35.6. The van der Waals surface area contributed by atoms with Crippen LogP contribution in [0, 0.1) is 0 Å². The summed E-state index contributed by atoms with van der Waals surface area (Å²) in [6.07, 6.45) is 1.53. The van der Waals surface area contributed by atoms with Crippen LogP contribution in [-0.4, -0.2) is 49.6 Å². The molecule has 0 unspecified atom stereocenters. The predicted octanol–water partition coefficient (Wildman–Crippen LogP) is 1.85. The Kier molecular flexibility index (Phi) is 9.58. The minimum atomic E-state index is -0.491. The normalized spacial score (nSPS) is 9.77. The van der Waals surface area contributed by atoms with E-state index in [-0.39, 0.29) is 18.9 Å². The smallest absolute Gasteiger partial charge is 0.333 e. The van der Waals surface area contributed by atoms with Crippen molar-refractivity contribution in [2.24, 2.45) is 0 Å². The fourth-order valence-corrected chi connectivity index (χ4v) is 1.41. The molecule has 0 radical (unpaired) electrons. The van der Waals surface area contributed by atoms with Crippen molar-refractivity contribution < 1.29 is 23.9 Å². The van der Waals surface area contributed by atoms with E-state index in [0.29, 0.717) is 30.7 Å². The van der Waals surface area contributed by atoms with Gasteiger partial charge in [0.25, 0.3) is 0 Å². The summed E-state index contributed by atoms with van der Waals surface area (Å²) in [6, 6.07) is 0. The number of nitrogens with zero attached hydrogens (tertiary/aromatic N) is 1.